The van der Waals surface area contributed by atoms with E-state index in [1.165, 1.54) is 12.1 Å². The molecule has 0 aliphatic carbocycles. The molecular formula is C25H24N4O5S. The first-order chi connectivity index (χ1) is 16.5. The van der Waals surface area contributed by atoms with Crippen LogP contribution in [0.25, 0.3) is 0 Å². The van der Waals surface area contributed by atoms with Gasteiger partial charge in [0.05, 0.1) is 16.1 Å². The number of hydrogen-bond acceptors (Lipinski definition) is 5. The summed E-state index contributed by atoms with van der Waals surface area (Å²) in [5, 5.41) is 7.51. The Bertz CT molecular complexity index is 1470. The number of sulfonamides is 1. The Morgan fingerprint density at radius 2 is 1.69 bits per heavy atom. The number of nitrogens with one attached hydrogen (secondary N) is 4. The minimum absolute atomic E-state index is 0.116. The fraction of sp³-hybridized carbons (Fsp3) is 0.160. The van der Waals surface area contributed by atoms with E-state index in [1.807, 2.05) is 6.07 Å². The average Bonchev–Trinajstić information content (AvgIpc) is 3.07. The number of benzene rings is 3. The molecule has 4 amide bonds. The average molecular weight is 493 g/mol. The second kappa shape index (κ2) is 8.88. The molecule has 0 spiro atoms. The molecule has 1 fully saturated rings. The van der Waals surface area contributed by atoms with E-state index in [-0.39, 0.29) is 16.1 Å². The highest BCUT2D eigenvalue weighted by Gasteiger charge is 2.43. The number of hydrogen-bond donors (Lipinski definition) is 4. The molecule has 0 saturated carbocycles. The van der Waals surface area contributed by atoms with Crippen molar-refractivity contribution in [3.8, 4) is 0 Å². The molecule has 0 radical (unpaired) electrons. The summed E-state index contributed by atoms with van der Waals surface area (Å²) < 4.78 is 28.7. The van der Waals surface area contributed by atoms with Crippen molar-refractivity contribution in [1.82, 2.24) is 10.6 Å². The summed E-state index contributed by atoms with van der Waals surface area (Å²) in [5.41, 5.74) is 1.18. The first-order valence-corrected chi connectivity index (χ1v) is 12.2. The van der Waals surface area contributed by atoms with Crippen LogP contribution in [0.5, 0.6) is 0 Å². The van der Waals surface area contributed by atoms with Gasteiger partial charge in [-0.2, -0.15) is 0 Å². The monoisotopic (exact) mass is 492 g/mol. The van der Waals surface area contributed by atoms with Gasteiger partial charge in [-0.15, -0.1) is 0 Å². The quantitative estimate of drug-likeness (QED) is 0.391. The van der Waals surface area contributed by atoms with E-state index in [4.69, 9.17) is 0 Å². The molecule has 1 aliphatic rings. The Morgan fingerprint density at radius 1 is 0.943 bits per heavy atom. The minimum Gasteiger partial charge on any atom is -0.322 e. The molecule has 1 saturated heterocycles. The molecule has 1 atom stereocenters. The van der Waals surface area contributed by atoms with Crippen molar-refractivity contribution >= 4 is 39.2 Å². The molecule has 10 heteroatoms. The summed E-state index contributed by atoms with van der Waals surface area (Å²) >= 11 is 0. The van der Waals surface area contributed by atoms with Crippen LogP contribution in [0.4, 0.5) is 16.2 Å². The highest BCUT2D eigenvalue weighted by Crippen LogP contribution is 2.28. The topological polar surface area (TPSA) is 133 Å². The second-order valence-corrected chi connectivity index (χ2v) is 10.1. The third-order valence-corrected chi connectivity index (χ3v) is 7.30. The largest absolute Gasteiger partial charge is 0.322 e. The summed E-state index contributed by atoms with van der Waals surface area (Å²) in [7, 11) is -3.95. The van der Waals surface area contributed by atoms with E-state index in [9.17, 15) is 22.8 Å². The van der Waals surface area contributed by atoms with Gasteiger partial charge >= 0.3 is 6.03 Å². The van der Waals surface area contributed by atoms with E-state index in [0.717, 1.165) is 5.56 Å². The SMILES string of the molecule is Cc1ccc(C)c(S(=O)(=O)Nc2ccccc2C(=O)Nc2cccc(C3(C)NC(=O)NC3=O)c2)c1. The number of imide groups is 1. The van der Waals surface area contributed by atoms with Gasteiger partial charge in [-0.25, -0.2) is 13.2 Å². The fourth-order valence-corrected chi connectivity index (χ4v) is 5.23. The molecule has 1 heterocycles. The third-order valence-electron chi connectivity index (χ3n) is 5.79. The number of rotatable bonds is 6. The van der Waals surface area contributed by atoms with Crippen LogP contribution < -0.4 is 20.7 Å². The summed E-state index contributed by atoms with van der Waals surface area (Å²) in [6.45, 7) is 5.06. The number of urea groups is 1. The molecule has 1 aliphatic heterocycles. The summed E-state index contributed by atoms with van der Waals surface area (Å²) in [6.07, 6.45) is 0. The van der Waals surface area contributed by atoms with Crippen molar-refractivity contribution in [2.24, 2.45) is 0 Å². The molecule has 4 N–H and O–H groups in total. The zero-order chi connectivity index (χ0) is 25.4. The van der Waals surface area contributed by atoms with Crippen molar-refractivity contribution < 1.29 is 22.8 Å². The van der Waals surface area contributed by atoms with E-state index in [1.54, 1.807) is 69.3 Å². The summed E-state index contributed by atoms with van der Waals surface area (Å²) in [6, 6.07) is 17.3. The summed E-state index contributed by atoms with van der Waals surface area (Å²) in [4.78, 5) is 37.1. The Kier molecular flexibility index (Phi) is 6.08. The molecule has 3 aromatic rings. The van der Waals surface area contributed by atoms with Crippen molar-refractivity contribution in [1.29, 1.82) is 0 Å². The van der Waals surface area contributed by atoms with Crippen molar-refractivity contribution in [2.45, 2.75) is 31.2 Å². The van der Waals surface area contributed by atoms with Crippen molar-refractivity contribution in [3.05, 3.63) is 89.0 Å². The van der Waals surface area contributed by atoms with E-state index >= 15 is 0 Å². The van der Waals surface area contributed by atoms with Crippen LogP contribution in [0.1, 0.15) is 34.0 Å². The van der Waals surface area contributed by atoms with Gasteiger partial charge in [-0.3, -0.25) is 19.6 Å². The maximum absolute atomic E-state index is 13.1. The van der Waals surface area contributed by atoms with Crippen molar-refractivity contribution in [3.63, 3.8) is 0 Å². The van der Waals surface area contributed by atoms with Gasteiger partial charge in [-0.05, 0) is 67.8 Å². The van der Waals surface area contributed by atoms with Crippen LogP contribution >= 0.6 is 0 Å². The standard InChI is InChI=1S/C25H24N4O5S/c1-15-11-12-16(2)21(13-15)35(33,34)29-20-10-5-4-9-19(20)22(30)26-18-8-6-7-17(14-18)25(3)23(31)27-24(32)28-25/h4-14,29H,1-3H3,(H,26,30)(H2,27,28,31,32). The predicted molar refractivity (Wildman–Crippen MR) is 132 cm³/mol. The van der Waals surface area contributed by atoms with Gasteiger partial charge < -0.3 is 10.6 Å². The molecule has 3 aromatic carbocycles. The predicted octanol–water partition coefficient (Wildman–Crippen LogP) is 3.41. The normalized spacial score (nSPS) is 17.5. The molecule has 0 bridgehead atoms. The van der Waals surface area contributed by atoms with Gasteiger partial charge in [0.15, 0.2) is 0 Å². The number of aryl methyl sites for hydroxylation is 2. The lowest BCUT2D eigenvalue weighted by Crippen LogP contribution is -2.40. The molecule has 180 valence electrons. The first-order valence-electron chi connectivity index (χ1n) is 10.7. The van der Waals surface area contributed by atoms with Crippen LogP contribution in [-0.4, -0.2) is 26.3 Å². The van der Waals surface area contributed by atoms with Crippen LogP contribution in [0.15, 0.2) is 71.6 Å². The second-order valence-electron chi connectivity index (χ2n) is 8.49. The Labute approximate surface area is 203 Å². The maximum Gasteiger partial charge on any atom is 0.322 e. The number of para-hydroxylation sites is 1. The van der Waals surface area contributed by atoms with Gasteiger partial charge in [0.2, 0.25) is 0 Å². The van der Waals surface area contributed by atoms with E-state index in [0.29, 0.717) is 16.8 Å². The van der Waals surface area contributed by atoms with Gasteiger partial charge in [0, 0.05) is 5.69 Å². The zero-order valence-corrected chi connectivity index (χ0v) is 20.1. The Balaban J connectivity index is 1.60. The van der Waals surface area contributed by atoms with E-state index < -0.39 is 33.4 Å². The maximum atomic E-state index is 13.1. The van der Waals surface area contributed by atoms with Crippen LogP contribution in [0.3, 0.4) is 0 Å². The number of amides is 4. The van der Waals surface area contributed by atoms with Gasteiger partial charge in [0.25, 0.3) is 21.8 Å². The first kappa shape index (κ1) is 24.0. The molecule has 0 aromatic heterocycles. The number of carbonyl (C=O) groups is 3. The van der Waals surface area contributed by atoms with Crippen LogP contribution in [0, 0.1) is 13.8 Å². The Hall–Kier alpha value is -4.18. The van der Waals surface area contributed by atoms with Gasteiger partial charge in [0.1, 0.15) is 5.54 Å². The zero-order valence-electron chi connectivity index (χ0n) is 19.3. The molecule has 9 nitrogen and oxygen atoms in total. The lowest BCUT2D eigenvalue weighted by atomic mass is 9.92. The minimum atomic E-state index is -3.95. The lowest BCUT2D eigenvalue weighted by Gasteiger charge is -2.22. The van der Waals surface area contributed by atoms with Gasteiger partial charge in [-0.1, -0.05) is 36.4 Å². The molecule has 4 rings (SSSR count). The van der Waals surface area contributed by atoms with Crippen molar-refractivity contribution in [2.75, 3.05) is 10.0 Å². The Morgan fingerprint density at radius 3 is 2.40 bits per heavy atom. The third kappa shape index (κ3) is 4.73. The fourth-order valence-electron chi connectivity index (χ4n) is 3.82. The molecule has 1 unspecified atom stereocenters. The molecule has 35 heavy (non-hydrogen) atoms. The van der Waals surface area contributed by atoms with Crippen LogP contribution in [-0.2, 0) is 20.4 Å². The van der Waals surface area contributed by atoms with Crippen LogP contribution in [0.2, 0.25) is 0 Å². The lowest BCUT2D eigenvalue weighted by molar-refractivity contribution is -0.123. The number of carbonyl (C=O) groups excluding carboxylic acids is 3. The number of anilines is 2. The highest BCUT2D eigenvalue weighted by atomic mass is 32.2. The molecular weight excluding hydrogens is 468 g/mol. The summed E-state index contributed by atoms with van der Waals surface area (Å²) in [5.74, 6) is -1.05. The van der Waals surface area contributed by atoms with E-state index in [2.05, 4.69) is 20.7 Å². The highest BCUT2D eigenvalue weighted by molar-refractivity contribution is 7.92. The smallest absolute Gasteiger partial charge is 0.322 e.